The summed E-state index contributed by atoms with van der Waals surface area (Å²) in [6.07, 6.45) is 13.7. The third kappa shape index (κ3) is 3.21. The number of fused-ring (bicyclic) bond motifs is 2. The molecule has 0 saturated carbocycles. The summed E-state index contributed by atoms with van der Waals surface area (Å²) in [7, 11) is 0. The van der Waals surface area contributed by atoms with E-state index in [1.165, 1.54) is 18.4 Å². The van der Waals surface area contributed by atoms with Crippen LogP contribution >= 0.6 is 0 Å². The Balaban J connectivity index is 1.37. The Labute approximate surface area is 156 Å². The Morgan fingerprint density at radius 1 is 1.15 bits per heavy atom. The van der Waals surface area contributed by atoms with Crippen LogP contribution in [-0.2, 0) is 0 Å². The first-order valence-corrected chi connectivity index (χ1v) is 9.21. The SMILES string of the molecule is Oc1cc(-n2ccnc2)ccc1-c1ncc(/C=C2/C[C@H]3CC[C@@H](C2)N3)nn1. The van der Waals surface area contributed by atoms with Gasteiger partial charge in [-0.25, -0.2) is 9.97 Å². The molecular weight excluding hydrogens is 340 g/mol. The van der Waals surface area contributed by atoms with E-state index in [9.17, 15) is 5.11 Å². The lowest BCUT2D eigenvalue weighted by Crippen LogP contribution is -2.34. The standard InChI is InChI=1S/C20H20N6O/c27-19-10-17(26-6-5-21-12-26)3-4-18(19)20-22-11-16(24-25-20)9-13-7-14-1-2-15(8-13)23-14/h3-6,9-12,14-15,23,27H,1-2,7-8H2/b13-9-/t14-,15+/m1/s1. The molecule has 136 valence electrons. The van der Waals surface area contributed by atoms with Gasteiger partial charge in [0.1, 0.15) is 11.4 Å². The molecule has 7 heteroatoms. The first kappa shape index (κ1) is 16.1. The van der Waals surface area contributed by atoms with E-state index >= 15 is 0 Å². The van der Waals surface area contributed by atoms with Crippen molar-refractivity contribution in [2.24, 2.45) is 0 Å². The summed E-state index contributed by atoms with van der Waals surface area (Å²) < 4.78 is 1.82. The van der Waals surface area contributed by atoms with Crippen LogP contribution in [0.25, 0.3) is 23.2 Å². The van der Waals surface area contributed by atoms with Crippen LogP contribution in [0.2, 0.25) is 0 Å². The molecule has 0 aliphatic carbocycles. The quantitative estimate of drug-likeness (QED) is 0.747. The van der Waals surface area contributed by atoms with Crippen LogP contribution in [0.1, 0.15) is 31.4 Å². The molecule has 2 atom stereocenters. The summed E-state index contributed by atoms with van der Waals surface area (Å²) in [6, 6.07) is 6.58. The smallest absolute Gasteiger partial charge is 0.185 e. The average Bonchev–Trinajstić information content (AvgIpc) is 3.32. The van der Waals surface area contributed by atoms with Gasteiger partial charge in [0.05, 0.1) is 23.8 Å². The fraction of sp³-hybridized carbons (Fsp3) is 0.300. The average molecular weight is 360 g/mol. The molecule has 1 aromatic carbocycles. The fourth-order valence-corrected chi connectivity index (χ4v) is 4.02. The van der Waals surface area contributed by atoms with Crippen molar-refractivity contribution in [2.45, 2.75) is 37.8 Å². The van der Waals surface area contributed by atoms with Crippen molar-refractivity contribution in [1.82, 2.24) is 30.0 Å². The number of piperidine rings is 1. The number of phenols is 1. The number of aromatic nitrogens is 5. The molecule has 2 aliphatic rings. The van der Waals surface area contributed by atoms with E-state index in [0.717, 1.165) is 24.2 Å². The van der Waals surface area contributed by atoms with Gasteiger partial charge in [-0.05, 0) is 43.9 Å². The molecule has 0 amide bonds. The van der Waals surface area contributed by atoms with Gasteiger partial charge in [0.2, 0.25) is 0 Å². The summed E-state index contributed by atoms with van der Waals surface area (Å²) in [5, 5.41) is 22.5. The maximum Gasteiger partial charge on any atom is 0.185 e. The van der Waals surface area contributed by atoms with Gasteiger partial charge in [0, 0.05) is 30.5 Å². The van der Waals surface area contributed by atoms with Gasteiger partial charge in [0.25, 0.3) is 0 Å². The van der Waals surface area contributed by atoms with Crippen LogP contribution in [0.3, 0.4) is 0 Å². The van der Waals surface area contributed by atoms with Crippen molar-refractivity contribution >= 4 is 6.08 Å². The third-order valence-electron chi connectivity index (χ3n) is 5.31. The maximum atomic E-state index is 10.4. The second-order valence-corrected chi connectivity index (χ2v) is 7.23. The molecule has 0 unspecified atom stereocenters. The molecule has 2 aliphatic heterocycles. The minimum absolute atomic E-state index is 0.115. The van der Waals surface area contributed by atoms with E-state index in [0.29, 0.717) is 23.5 Å². The number of rotatable bonds is 3. The lowest BCUT2D eigenvalue weighted by atomic mass is 9.98. The number of aromatic hydroxyl groups is 1. The van der Waals surface area contributed by atoms with Crippen molar-refractivity contribution in [3.63, 3.8) is 0 Å². The highest BCUT2D eigenvalue weighted by Gasteiger charge is 2.30. The predicted molar refractivity (Wildman–Crippen MR) is 101 cm³/mol. The van der Waals surface area contributed by atoms with Crippen LogP contribution in [0.4, 0.5) is 0 Å². The molecule has 3 aromatic rings. The van der Waals surface area contributed by atoms with E-state index in [1.54, 1.807) is 30.9 Å². The van der Waals surface area contributed by atoms with Crippen molar-refractivity contribution in [3.05, 3.63) is 54.4 Å². The van der Waals surface area contributed by atoms with E-state index in [-0.39, 0.29) is 5.75 Å². The largest absolute Gasteiger partial charge is 0.507 e. The highest BCUT2D eigenvalue weighted by atomic mass is 16.3. The zero-order chi connectivity index (χ0) is 18.2. The molecule has 5 rings (SSSR count). The third-order valence-corrected chi connectivity index (χ3v) is 5.31. The second kappa shape index (κ2) is 6.59. The Morgan fingerprint density at radius 3 is 2.67 bits per heavy atom. The van der Waals surface area contributed by atoms with Gasteiger partial charge < -0.3 is 15.0 Å². The van der Waals surface area contributed by atoms with E-state index in [4.69, 9.17) is 0 Å². The Bertz CT molecular complexity index is 966. The van der Waals surface area contributed by atoms with E-state index < -0.39 is 0 Å². The number of hydrogen-bond acceptors (Lipinski definition) is 6. The minimum Gasteiger partial charge on any atom is -0.507 e. The highest BCUT2D eigenvalue weighted by molar-refractivity contribution is 5.66. The molecule has 2 aromatic heterocycles. The van der Waals surface area contributed by atoms with Gasteiger partial charge in [-0.3, -0.25) is 0 Å². The molecule has 2 fully saturated rings. The summed E-state index contributed by atoms with van der Waals surface area (Å²) in [4.78, 5) is 8.43. The lowest BCUT2D eigenvalue weighted by molar-refractivity contribution is 0.475. The van der Waals surface area contributed by atoms with Gasteiger partial charge >= 0.3 is 0 Å². The highest BCUT2D eigenvalue weighted by Crippen LogP contribution is 2.32. The topological polar surface area (TPSA) is 88.8 Å². The van der Waals surface area contributed by atoms with Crippen molar-refractivity contribution in [3.8, 4) is 22.8 Å². The van der Waals surface area contributed by atoms with Crippen LogP contribution in [0, 0.1) is 0 Å². The molecule has 2 N–H and O–H groups in total. The zero-order valence-electron chi connectivity index (χ0n) is 14.8. The maximum absolute atomic E-state index is 10.4. The van der Waals surface area contributed by atoms with Gasteiger partial charge in [-0.1, -0.05) is 5.57 Å². The minimum atomic E-state index is 0.115. The number of nitrogens with one attached hydrogen (secondary N) is 1. The normalized spacial score (nSPS) is 23.0. The summed E-state index contributed by atoms with van der Waals surface area (Å²) in [6.45, 7) is 0. The first-order valence-electron chi connectivity index (χ1n) is 9.21. The molecule has 27 heavy (non-hydrogen) atoms. The second-order valence-electron chi connectivity index (χ2n) is 7.23. The van der Waals surface area contributed by atoms with Gasteiger partial charge in [-0.2, -0.15) is 0 Å². The van der Waals surface area contributed by atoms with E-state index in [2.05, 4.69) is 31.6 Å². The fourth-order valence-electron chi connectivity index (χ4n) is 4.02. The summed E-state index contributed by atoms with van der Waals surface area (Å²) >= 11 is 0. The molecule has 4 heterocycles. The van der Waals surface area contributed by atoms with Crippen LogP contribution in [-0.4, -0.2) is 41.9 Å². The predicted octanol–water partition coefficient (Wildman–Crippen LogP) is 2.73. The summed E-state index contributed by atoms with van der Waals surface area (Å²) in [5.74, 6) is 0.529. The number of nitrogens with zero attached hydrogens (tertiary/aromatic N) is 5. The molecule has 7 nitrogen and oxygen atoms in total. The molecule has 0 radical (unpaired) electrons. The Hall–Kier alpha value is -3.06. The zero-order valence-corrected chi connectivity index (χ0v) is 14.8. The Morgan fingerprint density at radius 2 is 2.00 bits per heavy atom. The van der Waals surface area contributed by atoms with E-state index in [1.807, 2.05) is 16.8 Å². The monoisotopic (exact) mass is 360 g/mol. The molecular formula is C20H20N6O. The van der Waals surface area contributed by atoms with Gasteiger partial charge in [-0.15, -0.1) is 10.2 Å². The molecule has 2 bridgehead atoms. The number of phenolic OH excluding ortho intramolecular Hbond substituents is 1. The van der Waals surface area contributed by atoms with Crippen LogP contribution < -0.4 is 5.32 Å². The number of hydrogen-bond donors (Lipinski definition) is 2. The summed E-state index contributed by atoms with van der Waals surface area (Å²) in [5.41, 5.74) is 3.57. The molecule has 0 spiro atoms. The van der Waals surface area contributed by atoms with Crippen molar-refractivity contribution in [2.75, 3.05) is 0 Å². The van der Waals surface area contributed by atoms with Crippen LogP contribution in [0.15, 0.2) is 48.7 Å². The number of imidazole rings is 1. The first-order chi connectivity index (χ1) is 13.2. The molecule has 2 saturated heterocycles. The van der Waals surface area contributed by atoms with Crippen molar-refractivity contribution < 1.29 is 5.11 Å². The lowest BCUT2D eigenvalue weighted by Gasteiger charge is -2.23. The van der Waals surface area contributed by atoms with Gasteiger partial charge in [0.15, 0.2) is 5.82 Å². The van der Waals surface area contributed by atoms with Crippen molar-refractivity contribution in [1.29, 1.82) is 0 Å². The van der Waals surface area contributed by atoms with Crippen LogP contribution in [0.5, 0.6) is 5.75 Å². The Kier molecular flexibility index (Phi) is 3.94. The number of benzene rings is 1.